The van der Waals surface area contributed by atoms with Crippen molar-refractivity contribution in [1.82, 2.24) is 0 Å². The molecule has 0 radical (unpaired) electrons. The van der Waals surface area contributed by atoms with Gasteiger partial charge in [0.1, 0.15) is 5.60 Å². The molecule has 0 saturated carbocycles. The number of ether oxygens (including phenoxy) is 1. The first kappa shape index (κ1) is 28.5. The highest BCUT2D eigenvalue weighted by Crippen LogP contribution is 2.38. The monoisotopic (exact) mass is 508 g/mol. The third-order valence-electron chi connectivity index (χ3n) is 7.56. The fourth-order valence-electron chi connectivity index (χ4n) is 5.29. The number of rotatable bonds is 10. The quantitative estimate of drug-likeness (QED) is 0.337. The van der Waals surface area contributed by atoms with E-state index in [-0.39, 0.29) is 16.9 Å². The number of carbonyl (C=O) groups is 1. The molecule has 4 nitrogen and oxygen atoms in total. The number of hydrogen-bond acceptors (Lipinski definition) is 4. The Hall–Kier alpha value is -2.05. The summed E-state index contributed by atoms with van der Waals surface area (Å²) < 4.78 is 13.0. The van der Waals surface area contributed by atoms with Gasteiger partial charge >= 0.3 is 0 Å². The van der Waals surface area contributed by atoms with Crippen LogP contribution >= 0.6 is 0 Å². The van der Waals surface area contributed by atoms with Gasteiger partial charge in [0, 0.05) is 6.42 Å². The van der Waals surface area contributed by atoms with Crippen LogP contribution in [0.25, 0.3) is 0 Å². The summed E-state index contributed by atoms with van der Waals surface area (Å²) in [5.41, 5.74) is -0.607. The molecule has 1 heterocycles. The summed E-state index contributed by atoms with van der Waals surface area (Å²) in [5, 5.41) is 12.7. The van der Waals surface area contributed by atoms with Crippen molar-refractivity contribution in [2.45, 2.75) is 96.5 Å². The molecule has 1 aliphatic rings. The second kappa shape index (κ2) is 11.1. The lowest BCUT2D eigenvalue weighted by atomic mass is 9.91. The molecule has 2 atom stereocenters. The molecular weight excluding hydrogens is 464 g/mol. The maximum atomic E-state index is 13.0. The maximum absolute atomic E-state index is 13.0. The van der Waals surface area contributed by atoms with Gasteiger partial charge in [0.15, 0.2) is 5.78 Å². The van der Waals surface area contributed by atoms with Crippen LogP contribution in [0.4, 0.5) is 0 Å². The molecule has 0 unspecified atom stereocenters. The summed E-state index contributed by atoms with van der Waals surface area (Å²) in [6.45, 7) is 14.7. The van der Waals surface area contributed by atoms with Crippen LogP contribution in [-0.4, -0.2) is 43.1 Å². The summed E-state index contributed by atoms with van der Waals surface area (Å²) in [7, 11) is -2.57. The van der Waals surface area contributed by atoms with Gasteiger partial charge in [-0.05, 0) is 62.4 Å². The van der Waals surface area contributed by atoms with Crippen LogP contribution in [0.2, 0.25) is 5.04 Å². The summed E-state index contributed by atoms with van der Waals surface area (Å²) >= 11 is 0. The standard InChI is InChI=1S/C31H44O4Si/c1-24(18-19-27(32)31(7)22-20-28(35-31)30(5,6)33)21-23-34-36(29(2,3)4,25-14-10-8-11-15-25)26-16-12-9-13-17-26/h8-17,21,28,33H,18-20,22-23H2,1-7H3/b24-21+/t28-,31-/m1/s1. The zero-order valence-electron chi connectivity index (χ0n) is 23.1. The Labute approximate surface area is 218 Å². The number of allylic oxidation sites excluding steroid dienone is 1. The first-order valence-electron chi connectivity index (χ1n) is 13.1. The lowest BCUT2D eigenvalue weighted by molar-refractivity contribution is -0.152. The van der Waals surface area contributed by atoms with Gasteiger partial charge in [-0.3, -0.25) is 4.79 Å². The molecule has 0 amide bonds. The van der Waals surface area contributed by atoms with E-state index in [0.29, 0.717) is 32.3 Å². The third-order valence-corrected chi connectivity index (χ3v) is 12.6. The Kier molecular flexibility index (Phi) is 8.82. The molecule has 0 spiro atoms. The van der Waals surface area contributed by atoms with Gasteiger partial charge in [-0.15, -0.1) is 0 Å². The first-order chi connectivity index (χ1) is 16.8. The highest BCUT2D eigenvalue weighted by atomic mass is 28.4. The van der Waals surface area contributed by atoms with E-state index in [1.54, 1.807) is 13.8 Å². The molecule has 1 fully saturated rings. The first-order valence-corrected chi connectivity index (χ1v) is 15.0. The summed E-state index contributed by atoms with van der Waals surface area (Å²) in [6.07, 6.45) is 4.28. The third kappa shape index (κ3) is 6.25. The van der Waals surface area contributed by atoms with Gasteiger partial charge in [0.25, 0.3) is 8.32 Å². The fourth-order valence-corrected chi connectivity index (χ4v) is 9.78. The zero-order valence-corrected chi connectivity index (χ0v) is 24.1. The van der Waals surface area contributed by atoms with Crippen molar-refractivity contribution in [3.63, 3.8) is 0 Å². The average molecular weight is 509 g/mol. The van der Waals surface area contributed by atoms with Gasteiger partial charge in [0.2, 0.25) is 0 Å². The maximum Gasteiger partial charge on any atom is 0.261 e. The number of Topliss-reactive ketones (excluding diaryl/α,β-unsaturated/α-hetero) is 1. The molecule has 1 saturated heterocycles. The van der Waals surface area contributed by atoms with Crippen molar-refractivity contribution in [2.24, 2.45) is 0 Å². The minimum atomic E-state index is -2.57. The molecule has 0 aliphatic carbocycles. The predicted octanol–water partition coefficient (Wildman–Crippen LogP) is 5.57. The summed E-state index contributed by atoms with van der Waals surface area (Å²) in [6, 6.07) is 21.3. The van der Waals surface area contributed by atoms with E-state index in [0.717, 1.165) is 5.57 Å². The van der Waals surface area contributed by atoms with Gasteiger partial charge in [0.05, 0.1) is 18.3 Å². The van der Waals surface area contributed by atoms with E-state index in [4.69, 9.17) is 9.16 Å². The van der Waals surface area contributed by atoms with Crippen molar-refractivity contribution < 1.29 is 19.1 Å². The number of ketones is 1. The molecule has 0 bridgehead atoms. The minimum Gasteiger partial charge on any atom is -0.404 e. The zero-order chi connectivity index (χ0) is 26.6. The molecule has 36 heavy (non-hydrogen) atoms. The van der Waals surface area contributed by atoms with Crippen LogP contribution in [-0.2, 0) is 14.0 Å². The van der Waals surface area contributed by atoms with E-state index in [9.17, 15) is 9.90 Å². The van der Waals surface area contributed by atoms with Crippen LogP contribution < -0.4 is 10.4 Å². The number of hydrogen-bond donors (Lipinski definition) is 1. The molecule has 2 aromatic carbocycles. The van der Waals surface area contributed by atoms with E-state index >= 15 is 0 Å². The molecule has 0 aromatic heterocycles. The SMILES string of the molecule is C/C(=C\CO[Si](c1ccccc1)(c1ccccc1)C(C)(C)C)CCC(=O)[C@@]1(C)CC[C@H](C(C)(C)O)O1. The highest BCUT2D eigenvalue weighted by molar-refractivity contribution is 6.99. The largest absolute Gasteiger partial charge is 0.404 e. The fraction of sp³-hybridized carbons (Fsp3) is 0.516. The Morgan fingerprint density at radius 1 is 1.03 bits per heavy atom. The molecule has 2 aromatic rings. The summed E-state index contributed by atoms with van der Waals surface area (Å²) in [5.74, 6) is 0.106. The van der Waals surface area contributed by atoms with Crippen LogP contribution in [0.3, 0.4) is 0 Å². The topological polar surface area (TPSA) is 55.8 Å². The Morgan fingerprint density at radius 2 is 1.56 bits per heavy atom. The highest BCUT2D eigenvalue weighted by Gasteiger charge is 2.50. The van der Waals surface area contributed by atoms with Crippen molar-refractivity contribution in [1.29, 1.82) is 0 Å². The lowest BCUT2D eigenvalue weighted by Crippen LogP contribution is -2.66. The molecule has 5 heteroatoms. The molecule has 1 aliphatic heterocycles. The predicted molar refractivity (Wildman–Crippen MR) is 150 cm³/mol. The van der Waals surface area contributed by atoms with Crippen LogP contribution in [0.5, 0.6) is 0 Å². The Balaban J connectivity index is 1.72. The number of carbonyl (C=O) groups excluding carboxylic acids is 1. The Bertz CT molecular complexity index is 994. The van der Waals surface area contributed by atoms with Crippen molar-refractivity contribution in [3.05, 3.63) is 72.3 Å². The molecule has 3 rings (SSSR count). The Morgan fingerprint density at radius 3 is 2.00 bits per heavy atom. The van der Waals surface area contributed by atoms with Crippen LogP contribution in [0.1, 0.15) is 74.1 Å². The minimum absolute atomic E-state index is 0.0706. The van der Waals surface area contributed by atoms with Gasteiger partial charge in [-0.2, -0.15) is 0 Å². The number of benzene rings is 2. The second-order valence-corrected chi connectivity index (χ2v) is 16.3. The second-order valence-electron chi connectivity index (χ2n) is 12.0. The van der Waals surface area contributed by atoms with Crippen LogP contribution in [0, 0.1) is 0 Å². The van der Waals surface area contributed by atoms with Crippen molar-refractivity contribution >= 4 is 24.5 Å². The summed E-state index contributed by atoms with van der Waals surface area (Å²) in [4.78, 5) is 13.0. The van der Waals surface area contributed by atoms with E-state index in [1.165, 1.54) is 10.4 Å². The van der Waals surface area contributed by atoms with Crippen molar-refractivity contribution in [2.75, 3.05) is 6.61 Å². The van der Waals surface area contributed by atoms with Crippen molar-refractivity contribution in [3.8, 4) is 0 Å². The van der Waals surface area contributed by atoms with Gasteiger partial charge in [-0.25, -0.2) is 0 Å². The van der Waals surface area contributed by atoms with E-state index in [1.807, 2.05) is 6.92 Å². The molecule has 1 N–H and O–H groups in total. The molecular formula is C31H44O4Si. The van der Waals surface area contributed by atoms with Gasteiger partial charge in [-0.1, -0.05) is 93.1 Å². The normalized spacial score (nSPS) is 21.6. The smallest absolute Gasteiger partial charge is 0.261 e. The van der Waals surface area contributed by atoms with E-state index in [2.05, 4.69) is 94.4 Å². The van der Waals surface area contributed by atoms with E-state index < -0.39 is 19.5 Å². The van der Waals surface area contributed by atoms with Crippen LogP contribution in [0.15, 0.2) is 72.3 Å². The number of aliphatic hydroxyl groups is 1. The lowest BCUT2D eigenvalue weighted by Gasteiger charge is -2.42. The molecule has 196 valence electrons. The van der Waals surface area contributed by atoms with Gasteiger partial charge < -0.3 is 14.3 Å². The average Bonchev–Trinajstić information content (AvgIpc) is 3.25.